The zero-order valence-electron chi connectivity index (χ0n) is 18.1. The lowest BCUT2D eigenvalue weighted by Gasteiger charge is -2.40. The molecule has 1 aromatic carbocycles. The van der Waals surface area contributed by atoms with Gasteiger partial charge in [0.05, 0.1) is 6.10 Å². The number of hydrogen-bond acceptors (Lipinski definition) is 2. The van der Waals surface area contributed by atoms with Crippen LogP contribution in [-0.2, 0) is 11.2 Å². The van der Waals surface area contributed by atoms with Gasteiger partial charge >= 0.3 is 0 Å². The van der Waals surface area contributed by atoms with E-state index in [9.17, 15) is 0 Å². The molecular formula is C23H36N4O. The normalized spacial score (nSPS) is 21.1. The van der Waals surface area contributed by atoms with Gasteiger partial charge in [-0.1, -0.05) is 32.9 Å². The maximum Gasteiger partial charge on any atom is 0.190 e. The first-order valence-corrected chi connectivity index (χ1v) is 10.5. The molecule has 28 heavy (non-hydrogen) atoms. The highest BCUT2D eigenvalue weighted by molar-refractivity contribution is 5.86. The van der Waals surface area contributed by atoms with E-state index in [0.717, 1.165) is 38.5 Å². The molecular weight excluding hydrogens is 348 g/mol. The van der Waals surface area contributed by atoms with Crippen LogP contribution in [0.5, 0.6) is 0 Å². The van der Waals surface area contributed by atoms with Gasteiger partial charge in [0, 0.05) is 49.8 Å². The third kappa shape index (κ3) is 4.88. The Morgan fingerprint density at radius 1 is 1.29 bits per heavy atom. The van der Waals surface area contributed by atoms with Crippen LogP contribution in [0.1, 0.15) is 44.7 Å². The standard InChI is InChI=1S/C23H36N4O/c1-16-8-6-10-19-20(16)17(14-26-19)11-12-25-22(24-5)27-15-18-9-7-13-28-21(18)23(2,3)4/h6,8,10,14,18,21,26H,7,9,11-13,15H2,1-5H3,(H2,24,25,27). The third-order valence-electron chi connectivity index (χ3n) is 5.74. The largest absolute Gasteiger partial charge is 0.377 e. The summed E-state index contributed by atoms with van der Waals surface area (Å²) in [5.41, 5.74) is 4.05. The summed E-state index contributed by atoms with van der Waals surface area (Å²) in [4.78, 5) is 7.78. The van der Waals surface area contributed by atoms with Crippen molar-refractivity contribution in [2.24, 2.45) is 16.3 Å². The van der Waals surface area contributed by atoms with E-state index in [4.69, 9.17) is 4.74 Å². The van der Waals surface area contributed by atoms with E-state index >= 15 is 0 Å². The van der Waals surface area contributed by atoms with Crippen molar-refractivity contribution in [1.82, 2.24) is 15.6 Å². The summed E-state index contributed by atoms with van der Waals surface area (Å²) in [6.45, 7) is 11.6. The number of aromatic nitrogens is 1. The molecule has 0 amide bonds. The summed E-state index contributed by atoms with van der Waals surface area (Å²) in [5, 5.41) is 8.34. The van der Waals surface area contributed by atoms with Crippen molar-refractivity contribution in [2.45, 2.75) is 53.1 Å². The number of aryl methyl sites for hydroxylation is 1. The Morgan fingerprint density at radius 3 is 2.86 bits per heavy atom. The number of fused-ring (bicyclic) bond motifs is 1. The fraction of sp³-hybridized carbons (Fsp3) is 0.609. The molecule has 1 aliphatic heterocycles. The number of ether oxygens (including phenoxy) is 1. The summed E-state index contributed by atoms with van der Waals surface area (Å²) in [7, 11) is 1.84. The Hall–Kier alpha value is -2.01. The first kappa shape index (κ1) is 20.7. The second-order valence-corrected chi connectivity index (χ2v) is 9.00. The van der Waals surface area contributed by atoms with Gasteiger partial charge in [0.15, 0.2) is 5.96 Å². The van der Waals surface area contributed by atoms with Gasteiger partial charge in [-0.25, -0.2) is 0 Å². The lowest BCUT2D eigenvalue weighted by atomic mass is 9.78. The molecule has 154 valence electrons. The summed E-state index contributed by atoms with van der Waals surface area (Å²) in [6.07, 6.45) is 5.73. The lowest BCUT2D eigenvalue weighted by Crippen LogP contribution is -2.47. The van der Waals surface area contributed by atoms with Gasteiger partial charge in [-0.2, -0.15) is 0 Å². The maximum absolute atomic E-state index is 6.10. The second kappa shape index (κ2) is 8.99. The van der Waals surface area contributed by atoms with Crippen molar-refractivity contribution >= 4 is 16.9 Å². The molecule has 1 aliphatic rings. The fourth-order valence-electron chi connectivity index (χ4n) is 4.42. The van der Waals surface area contributed by atoms with Crippen molar-refractivity contribution in [3.63, 3.8) is 0 Å². The van der Waals surface area contributed by atoms with Crippen LogP contribution in [0.2, 0.25) is 0 Å². The topological polar surface area (TPSA) is 61.4 Å². The Balaban J connectivity index is 1.52. The van der Waals surface area contributed by atoms with Crippen molar-refractivity contribution < 1.29 is 4.74 Å². The van der Waals surface area contributed by atoms with E-state index in [2.05, 4.69) is 72.7 Å². The molecule has 2 atom stereocenters. The van der Waals surface area contributed by atoms with Gasteiger partial charge < -0.3 is 20.4 Å². The zero-order valence-corrected chi connectivity index (χ0v) is 18.1. The van der Waals surface area contributed by atoms with Crippen molar-refractivity contribution in [2.75, 3.05) is 26.7 Å². The second-order valence-electron chi connectivity index (χ2n) is 9.00. The Kier molecular flexibility index (Phi) is 6.65. The average molecular weight is 385 g/mol. The molecule has 3 rings (SSSR count). The monoisotopic (exact) mass is 384 g/mol. The molecule has 0 saturated carbocycles. The summed E-state index contributed by atoms with van der Waals surface area (Å²) in [5.74, 6) is 1.39. The summed E-state index contributed by atoms with van der Waals surface area (Å²) >= 11 is 0. The highest BCUT2D eigenvalue weighted by Crippen LogP contribution is 2.33. The predicted octanol–water partition coefficient (Wildman–Crippen LogP) is 4.03. The molecule has 0 radical (unpaired) electrons. The SMILES string of the molecule is CN=C(NCCc1c[nH]c2cccc(C)c12)NCC1CCCOC1C(C)(C)C. The van der Waals surface area contributed by atoms with E-state index in [1.165, 1.54) is 28.5 Å². The number of nitrogens with zero attached hydrogens (tertiary/aromatic N) is 1. The van der Waals surface area contributed by atoms with Crippen LogP contribution in [0.15, 0.2) is 29.4 Å². The number of H-pyrrole nitrogens is 1. The number of aromatic amines is 1. The van der Waals surface area contributed by atoms with Gasteiger partial charge in [-0.15, -0.1) is 0 Å². The summed E-state index contributed by atoms with van der Waals surface area (Å²) in [6, 6.07) is 6.41. The van der Waals surface area contributed by atoms with E-state index in [0.29, 0.717) is 12.0 Å². The number of aliphatic imine (C=N–C) groups is 1. The molecule has 1 fully saturated rings. The van der Waals surface area contributed by atoms with Crippen LogP contribution in [0.25, 0.3) is 10.9 Å². The van der Waals surface area contributed by atoms with Crippen molar-refractivity contribution in [3.8, 4) is 0 Å². The minimum absolute atomic E-state index is 0.164. The number of benzene rings is 1. The molecule has 2 aromatic rings. The van der Waals surface area contributed by atoms with Gasteiger partial charge in [-0.3, -0.25) is 4.99 Å². The quantitative estimate of drug-likeness (QED) is 0.539. The van der Waals surface area contributed by atoms with Crippen LogP contribution in [0.3, 0.4) is 0 Å². The maximum atomic E-state index is 6.10. The Morgan fingerprint density at radius 2 is 2.11 bits per heavy atom. The number of hydrogen-bond donors (Lipinski definition) is 3. The molecule has 2 heterocycles. The average Bonchev–Trinajstić information content (AvgIpc) is 3.08. The lowest BCUT2D eigenvalue weighted by molar-refractivity contribution is -0.0835. The van der Waals surface area contributed by atoms with E-state index in [1.54, 1.807) is 0 Å². The predicted molar refractivity (Wildman–Crippen MR) is 118 cm³/mol. The molecule has 3 N–H and O–H groups in total. The molecule has 0 spiro atoms. The first-order valence-electron chi connectivity index (χ1n) is 10.5. The smallest absolute Gasteiger partial charge is 0.190 e. The van der Waals surface area contributed by atoms with Crippen LogP contribution in [0.4, 0.5) is 0 Å². The Labute approximate surface area is 169 Å². The van der Waals surface area contributed by atoms with Crippen LogP contribution in [-0.4, -0.2) is 43.8 Å². The van der Waals surface area contributed by atoms with Crippen molar-refractivity contribution in [1.29, 1.82) is 0 Å². The number of guanidine groups is 1. The minimum Gasteiger partial charge on any atom is -0.377 e. The fourth-order valence-corrected chi connectivity index (χ4v) is 4.42. The van der Waals surface area contributed by atoms with Gasteiger partial charge in [0.1, 0.15) is 0 Å². The van der Waals surface area contributed by atoms with Crippen LogP contribution in [0, 0.1) is 18.3 Å². The van der Waals surface area contributed by atoms with Gasteiger partial charge in [0.25, 0.3) is 0 Å². The van der Waals surface area contributed by atoms with Crippen LogP contribution < -0.4 is 10.6 Å². The minimum atomic E-state index is 0.164. The first-order chi connectivity index (χ1) is 13.4. The van der Waals surface area contributed by atoms with E-state index in [1.807, 2.05) is 7.05 Å². The number of nitrogens with one attached hydrogen (secondary N) is 3. The van der Waals surface area contributed by atoms with E-state index < -0.39 is 0 Å². The highest BCUT2D eigenvalue weighted by atomic mass is 16.5. The van der Waals surface area contributed by atoms with E-state index in [-0.39, 0.29) is 5.41 Å². The molecule has 1 saturated heterocycles. The highest BCUT2D eigenvalue weighted by Gasteiger charge is 2.35. The molecule has 1 aromatic heterocycles. The third-order valence-corrected chi connectivity index (χ3v) is 5.74. The number of rotatable bonds is 5. The molecule has 0 aliphatic carbocycles. The van der Waals surface area contributed by atoms with Crippen LogP contribution >= 0.6 is 0 Å². The molecule has 5 nitrogen and oxygen atoms in total. The zero-order chi connectivity index (χ0) is 20.1. The molecule has 5 heteroatoms. The van der Waals surface area contributed by atoms with Gasteiger partial charge in [-0.05, 0) is 48.8 Å². The van der Waals surface area contributed by atoms with Crippen molar-refractivity contribution in [3.05, 3.63) is 35.5 Å². The molecule has 0 bridgehead atoms. The molecule has 2 unspecified atom stereocenters. The Bertz CT molecular complexity index is 803. The van der Waals surface area contributed by atoms with Gasteiger partial charge in [0.2, 0.25) is 0 Å². The summed E-state index contributed by atoms with van der Waals surface area (Å²) < 4.78 is 6.10.